The summed E-state index contributed by atoms with van der Waals surface area (Å²) in [6, 6.07) is 12.1. The summed E-state index contributed by atoms with van der Waals surface area (Å²) in [5, 5.41) is 0. The van der Waals surface area contributed by atoms with Crippen LogP contribution in [0.25, 0.3) is 0 Å². The molecule has 150 valence electrons. The fourth-order valence-electron chi connectivity index (χ4n) is 3.21. The van der Waals surface area contributed by atoms with Crippen molar-refractivity contribution in [2.45, 2.75) is 25.7 Å². The van der Waals surface area contributed by atoms with E-state index in [1.807, 2.05) is 39.0 Å². The monoisotopic (exact) mass is 402 g/mol. The minimum Gasteiger partial charge on any atom is -0.494 e. The number of rotatable bonds is 5. The molecule has 2 aromatic rings. The summed E-state index contributed by atoms with van der Waals surface area (Å²) in [5.74, 6) is 0.589. The molecule has 1 fully saturated rings. The first-order valence-electron chi connectivity index (χ1n) is 9.42. The lowest BCUT2D eigenvalue weighted by atomic mass is 10.1. The van der Waals surface area contributed by atoms with Gasteiger partial charge in [0.05, 0.1) is 11.5 Å². The topological polar surface area (TPSA) is 66.9 Å². The number of hydrogen-bond acceptors (Lipinski definition) is 4. The number of nitrogens with zero attached hydrogens (tertiary/aromatic N) is 2. The van der Waals surface area contributed by atoms with Gasteiger partial charge in [-0.2, -0.15) is 4.31 Å². The number of benzene rings is 2. The first-order chi connectivity index (χ1) is 13.3. The predicted octanol–water partition coefficient (Wildman–Crippen LogP) is 2.85. The maximum absolute atomic E-state index is 12.9. The number of amides is 1. The minimum absolute atomic E-state index is 0.0544. The van der Waals surface area contributed by atoms with E-state index in [0.717, 1.165) is 11.1 Å². The fraction of sp³-hybridized carbons (Fsp3) is 0.381. The molecule has 1 heterocycles. The highest BCUT2D eigenvalue weighted by Gasteiger charge is 2.30. The van der Waals surface area contributed by atoms with Crippen molar-refractivity contribution in [2.75, 3.05) is 32.8 Å². The Morgan fingerprint density at radius 3 is 2.18 bits per heavy atom. The van der Waals surface area contributed by atoms with E-state index in [1.54, 1.807) is 29.2 Å². The molecule has 0 spiro atoms. The van der Waals surface area contributed by atoms with Gasteiger partial charge in [-0.15, -0.1) is 0 Å². The van der Waals surface area contributed by atoms with Crippen LogP contribution in [0.3, 0.4) is 0 Å². The van der Waals surface area contributed by atoms with Crippen molar-refractivity contribution in [3.8, 4) is 5.75 Å². The van der Waals surface area contributed by atoms with Crippen LogP contribution in [0.4, 0.5) is 0 Å². The van der Waals surface area contributed by atoms with Crippen molar-refractivity contribution in [3.63, 3.8) is 0 Å². The third-order valence-corrected chi connectivity index (χ3v) is 6.97. The van der Waals surface area contributed by atoms with E-state index in [4.69, 9.17) is 4.74 Å². The molecule has 1 aliphatic rings. The van der Waals surface area contributed by atoms with Crippen LogP contribution in [0.2, 0.25) is 0 Å². The van der Waals surface area contributed by atoms with Gasteiger partial charge in [-0.25, -0.2) is 8.42 Å². The van der Waals surface area contributed by atoms with Crippen LogP contribution < -0.4 is 4.74 Å². The smallest absolute Gasteiger partial charge is 0.253 e. The molecular weight excluding hydrogens is 376 g/mol. The Balaban J connectivity index is 1.66. The SMILES string of the molecule is CCOc1ccc(S(=O)(=O)N2CCN(C(=O)c3ccc(C)c(C)c3)CC2)cc1. The number of sulfonamides is 1. The summed E-state index contributed by atoms with van der Waals surface area (Å²) in [4.78, 5) is 14.7. The van der Waals surface area contributed by atoms with Gasteiger partial charge in [0.25, 0.3) is 5.91 Å². The number of ether oxygens (including phenoxy) is 1. The normalized spacial score (nSPS) is 15.5. The second-order valence-electron chi connectivity index (χ2n) is 6.90. The van der Waals surface area contributed by atoms with Crippen LogP contribution >= 0.6 is 0 Å². The van der Waals surface area contributed by atoms with Crippen molar-refractivity contribution in [1.82, 2.24) is 9.21 Å². The number of piperazine rings is 1. The van der Waals surface area contributed by atoms with Gasteiger partial charge in [-0.1, -0.05) is 6.07 Å². The Morgan fingerprint density at radius 1 is 0.964 bits per heavy atom. The molecule has 1 saturated heterocycles. The van der Waals surface area contributed by atoms with Crippen LogP contribution in [-0.4, -0.2) is 56.3 Å². The number of carbonyl (C=O) groups excluding carboxylic acids is 1. The molecule has 28 heavy (non-hydrogen) atoms. The highest BCUT2D eigenvalue weighted by Crippen LogP contribution is 2.21. The Morgan fingerprint density at radius 2 is 1.61 bits per heavy atom. The highest BCUT2D eigenvalue weighted by atomic mass is 32.2. The second kappa shape index (κ2) is 8.32. The third kappa shape index (κ3) is 4.20. The van der Waals surface area contributed by atoms with E-state index in [0.29, 0.717) is 31.0 Å². The molecule has 0 unspecified atom stereocenters. The van der Waals surface area contributed by atoms with E-state index in [2.05, 4.69) is 0 Å². The number of carbonyl (C=O) groups is 1. The molecule has 0 aromatic heterocycles. The maximum atomic E-state index is 12.9. The summed E-state index contributed by atoms with van der Waals surface area (Å²) in [7, 11) is -3.58. The summed E-state index contributed by atoms with van der Waals surface area (Å²) >= 11 is 0. The Kier molecular flexibility index (Phi) is 6.05. The molecule has 0 N–H and O–H groups in total. The maximum Gasteiger partial charge on any atom is 0.253 e. The van der Waals surface area contributed by atoms with E-state index in [9.17, 15) is 13.2 Å². The lowest BCUT2D eigenvalue weighted by Gasteiger charge is -2.34. The van der Waals surface area contributed by atoms with E-state index in [1.165, 1.54) is 4.31 Å². The molecule has 6 nitrogen and oxygen atoms in total. The van der Waals surface area contributed by atoms with E-state index in [-0.39, 0.29) is 23.9 Å². The molecule has 0 atom stereocenters. The van der Waals surface area contributed by atoms with E-state index >= 15 is 0 Å². The van der Waals surface area contributed by atoms with Gasteiger partial charge >= 0.3 is 0 Å². The predicted molar refractivity (Wildman–Crippen MR) is 108 cm³/mol. The molecule has 1 aliphatic heterocycles. The first-order valence-corrected chi connectivity index (χ1v) is 10.9. The quantitative estimate of drug-likeness (QED) is 0.771. The highest BCUT2D eigenvalue weighted by molar-refractivity contribution is 7.89. The van der Waals surface area contributed by atoms with Crippen molar-refractivity contribution in [1.29, 1.82) is 0 Å². The molecule has 1 amide bonds. The molecule has 0 radical (unpaired) electrons. The molecular formula is C21H26N2O4S. The van der Waals surface area contributed by atoms with Gasteiger partial charge in [-0.05, 0) is 68.3 Å². The molecule has 0 aliphatic carbocycles. The van der Waals surface area contributed by atoms with Gasteiger partial charge in [0, 0.05) is 31.7 Å². The lowest BCUT2D eigenvalue weighted by molar-refractivity contribution is 0.0698. The van der Waals surface area contributed by atoms with Gasteiger partial charge in [0.1, 0.15) is 5.75 Å². The first kappa shape index (κ1) is 20.4. The average Bonchev–Trinajstić information content (AvgIpc) is 2.70. The zero-order valence-corrected chi connectivity index (χ0v) is 17.3. The zero-order chi connectivity index (χ0) is 20.3. The minimum atomic E-state index is -3.58. The summed E-state index contributed by atoms with van der Waals surface area (Å²) < 4.78 is 32.5. The zero-order valence-electron chi connectivity index (χ0n) is 16.5. The van der Waals surface area contributed by atoms with Gasteiger partial charge in [-0.3, -0.25) is 4.79 Å². The van der Waals surface area contributed by atoms with Crippen LogP contribution in [0.5, 0.6) is 5.75 Å². The third-order valence-electron chi connectivity index (χ3n) is 5.05. The van der Waals surface area contributed by atoms with Gasteiger partial charge in [0.15, 0.2) is 0 Å². The van der Waals surface area contributed by atoms with Crippen LogP contribution in [0.1, 0.15) is 28.4 Å². The summed E-state index contributed by atoms with van der Waals surface area (Å²) in [6.45, 7) is 7.72. The van der Waals surface area contributed by atoms with Crippen molar-refractivity contribution in [3.05, 3.63) is 59.2 Å². The Hall–Kier alpha value is -2.38. The molecule has 2 aromatic carbocycles. The van der Waals surface area contributed by atoms with Crippen molar-refractivity contribution in [2.24, 2.45) is 0 Å². The lowest BCUT2D eigenvalue weighted by Crippen LogP contribution is -2.50. The molecule has 0 saturated carbocycles. The Bertz CT molecular complexity index is 947. The van der Waals surface area contributed by atoms with Gasteiger partial charge < -0.3 is 9.64 Å². The number of hydrogen-bond donors (Lipinski definition) is 0. The molecule has 3 rings (SSSR count). The number of aryl methyl sites for hydroxylation is 2. The van der Waals surface area contributed by atoms with Crippen LogP contribution in [-0.2, 0) is 10.0 Å². The Labute approximate surface area is 166 Å². The summed E-state index contributed by atoms with van der Waals surface area (Å²) in [5.41, 5.74) is 2.86. The molecule has 0 bridgehead atoms. The van der Waals surface area contributed by atoms with Crippen molar-refractivity contribution < 1.29 is 17.9 Å². The average molecular weight is 403 g/mol. The van der Waals surface area contributed by atoms with Gasteiger partial charge in [0.2, 0.25) is 10.0 Å². The largest absolute Gasteiger partial charge is 0.494 e. The molecule has 7 heteroatoms. The van der Waals surface area contributed by atoms with Crippen LogP contribution in [0.15, 0.2) is 47.4 Å². The standard InChI is InChI=1S/C21H26N2O4S/c1-4-27-19-7-9-20(10-8-19)28(25,26)23-13-11-22(12-14-23)21(24)18-6-5-16(2)17(3)15-18/h5-10,15H,4,11-14H2,1-3H3. The fourth-order valence-corrected chi connectivity index (χ4v) is 4.63. The summed E-state index contributed by atoms with van der Waals surface area (Å²) in [6.07, 6.45) is 0. The van der Waals surface area contributed by atoms with Crippen molar-refractivity contribution >= 4 is 15.9 Å². The van der Waals surface area contributed by atoms with Crippen LogP contribution in [0, 0.1) is 13.8 Å². The second-order valence-corrected chi connectivity index (χ2v) is 8.84. The van der Waals surface area contributed by atoms with E-state index < -0.39 is 10.0 Å².